The van der Waals surface area contributed by atoms with E-state index < -0.39 is 9.84 Å². The molecule has 25 heavy (non-hydrogen) atoms. The van der Waals surface area contributed by atoms with Gasteiger partial charge in [0, 0.05) is 10.3 Å². The van der Waals surface area contributed by atoms with Crippen LogP contribution in [0, 0.1) is 0 Å². The van der Waals surface area contributed by atoms with E-state index in [1.165, 1.54) is 35.2 Å². The van der Waals surface area contributed by atoms with Crippen molar-refractivity contribution in [1.29, 1.82) is 0 Å². The molecular weight excluding hydrogens is 398 g/mol. The highest BCUT2D eigenvalue weighted by molar-refractivity contribution is 8.00. The molecule has 4 nitrogen and oxygen atoms in total. The second kappa shape index (κ2) is 7.53. The Hall–Kier alpha value is -1.28. The van der Waals surface area contributed by atoms with Crippen LogP contribution in [0.5, 0.6) is 0 Å². The normalized spacial score (nSPS) is 13.1. The predicted molar refractivity (Wildman–Crippen MR) is 102 cm³/mol. The van der Waals surface area contributed by atoms with Crippen LogP contribution in [0.15, 0.2) is 61.2 Å². The Bertz CT molecular complexity index is 948. The van der Waals surface area contributed by atoms with E-state index in [1.807, 2.05) is 31.4 Å². The molecule has 0 fully saturated rings. The Kier molecular flexibility index (Phi) is 5.58. The van der Waals surface area contributed by atoms with Crippen LogP contribution in [0.1, 0.15) is 20.3 Å². The maximum atomic E-state index is 13.0. The Morgan fingerprint density at radius 2 is 2.00 bits per heavy atom. The van der Waals surface area contributed by atoms with Crippen LogP contribution >= 0.6 is 34.7 Å². The number of hydrogen-bond acceptors (Lipinski definition) is 6. The zero-order valence-electron chi connectivity index (χ0n) is 13.6. The third kappa shape index (κ3) is 3.95. The Morgan fingerprint density at radius 1 is 1.28 bits per heavy atom. The van der Waals surface area contributed by atoms with E-state index in [-0.39, 0.29) is 15.2 Å². The molecule has 0 aliphatic rings. The summed E-state index contributed by atoms with van der Waals surface area (Å²) in [6.07, 6.45) is 0.889. The molecule has 1 aromatic carbocycles. The highest BCUT2D eigenvalue weighted by atomic mass is 35.5. The SMILES string of the molecule is CC[C@H](C)Sc1oc(-c2cccs2)nc1S(=O)(=O)c1ccc(Cl)cc1. The van der Waals surface area contributed by atoms with Crippen molar-refractivity contribution in [2.45, 2.75) is 40.5 Å². The molecule has 0 amide bonds. The van der Waals surface area contributed by atoms with Crippen LogP contribution in [-0.2, 0) is 9.84 Å². The van der Waals surface area contributed by atoms with E-state index in [2.05, 4.69) is 4.98 Å². The number of benzene rings is 1. The quantitative estimate of drug-likeness (QED) is 0.479. The number of aromatic nitrogens is 1. The van der Waals surface area contributed by atoms with Crippen molar-refractivity contribution < 1.29 is 12.8 Å². The van der Waals surface area contributed by atoms with Crippen LogP contribution in [0.3, 0.4) is 0 Å². The maximum Gasteiger partial charge on any atom is 0.238 e. The minimum absolute atomic E-state index is 0.0384. The van der Waals surface area contributed by atoms with Crippen molar-refractivity contribution >= 4 is 44.5 Å². The van der Waals surface area contributed by atoms with E-state index in [9.17, 15) is 8.42 Å². The molecule has 2 aromatic heterocycles. The fourth-order valence-electron chi connectivity index (χ4n) is 2.03. The zero-order chi connectivity index (χ0) is 18.0. The fraction of sp³-hybridized carbons (Fsp3) is 0.235. The molecule has 0 bridgehead atoms. The van der Waals surface area contributed by atoms with Crippen molar-refractivity contribution in [3.8, 4) is 10.8 Å². The molecule has 0 aliphatic heterocycles. The van der Waals surface area contributed by atoms with Gasteiger partial charge >= 0.3 is 0 Å². The molecule has 3 aromatic rings. The van der Waals surface area contributed by atoms with Gasteiger partial charge in [0.2, 0.25) is 25.8 Å². The first-order chi connectivity index (χ1) is 11.9. The van der Waals surface area contributed by atoms with Crippen molar-refractivity contribution in [3.05, 3.63) is 46.8 Å². The predicted octanol–water partition coefficient (Wildman–Crippen LogP) is 5.78. The van der Waals surface area contributed by atoms with Gasteiger partial charge in [0.25, 0.3) is 0 Å². The summed E-state index contributed by atoms with van der Waals surface area (Å²) in [7, 11) is -3.79. The van der Waals surface area contributed by atoms with E-state index in [1.54, 1.807) is 12.1 Å². The number of nitrogens with zero attached hydrogens (tertiary/aromatic N) is 1. The molecule has 0 saturated heterocycles. The standard InChI is InChI=1S/C17H16ClNO3S3/c1-3-11(2)24-17-16(19-15(22-17)14-5-4-10-23-14)25(20,21)13-8-6-12(18)7-9-13/h4-11H,3H2,1-2H3/t11-/m0/s1. The van der Waals surface area contributed by atoms with E-state index in [0.717, 1.165) is 11.3 Å². The van der Waals surface area contributed by atoms with Crippen molar-refractivity contribution in [3.63, 3.8) is 0 Å². The Labute approximate surface area is 160 Å². The number of rotatable bonds is 6. The van der Waals surface area contributed by atoms with Crippen molar-refractivity contribution in [2.24, 2.45) is 0 Å². The van der Waals surface area contributed by atoms with Gasteiger partial charge in [-0.1, -0.05) is 43.3 Å². The Balaban J connectivity index is 2.10. The lowest BCUT2D eigenvalue weighted by Crippen LogP contribution is -2.04. The van der Waals surface area contributed by atoms with E-state index >= 15 is 0 Å². The van der Waals surface area contributed by atoms with Crippen LogP contribution in [0.25, 0.3) is 10.8 Å². The molecule has 0 radical (unpaired) electrons. The largest absolute Gasteiger partial charge is 0.428 e. The summed E-state index contributed by atoms with van der Waals surface area (Å²) in [5.41, 5.74) is 0. The summed E-state index contributed by atoms with van der Waals surface area (Å²) in [6, 6.07) is 9.79. The average molecular weight is 414 g/mol. The molecule has 0 aliphatic carbocycles. The number of oxazole rings is 1. The highest BCUT2D eigenvalue weighted by Gasteiger charge is 2.29. The number of halogens is 1. The van der Waals surface area contributed by atoms with Gasteiger partial charge < -0.3 is 4.42 Å². The van der Waals surface area contributed by atoms with Gasteiger partial charge in [-0.2, -0.15) is 4.98 Å². The first-order valence-corrected chi connectivity index (χ1v) is 11.3. The first kappa shape index (κ1) is 18.5. The van der Waals surface area contributed by atoms with Gasteiger partial charge in [0.1, 0.15) is 0 Å². The third-order valence-electron chi connectivity index (χ3n) is 3.56. The third-order valence-corrected chi connectivity index (χ3v) is 7.70. The molecule has 2 heterocycles. The Morgan fingerprint density at radius 3 is 2.60 bits per heavy atom. The number of sulfone groups is 1. The number of thioether (sulfide) groups is 1. The minimum Gasteiger partial charge on any atom is -0.428 e. The van der Waals surface area contributed by atoms with E-state index in [4.69, 9.17) is 16.0 Å². The highest BCUT2D eigenvalue weighted by Crippen LogP contribution is 2.38. The summed E-state index contributed by atoms with van der Waals surface area (Å²) in [6.45, 7) is 4.07. The molecule has 0 saturated carbocycles. The zero-order valence-corrected chi connectivity index (χ0v) is 16.8. The monoisotopic (exact) mass is 413 g/mol. The molecule has 1 atom stereocenters. The summed E-state index contributed by atoms with van der Waals surface area (Å²) >= 11 is 8.70. The summed E-state index contributed by atoms with van der Waals surface area (Å²) < 4.78 is 31.9. The van der Waals surface area contributed by atoms with Crippen LogP contribution < -0.4 is 0 Å². The topological polar surface area (TPSA) is 60.2 Å². The van der Waals surface area contributed by atoms with Gasteiger partial charge in [0.05, 0.1) is 9.77 Å². The van der Waals surface area contributed by atoms with Crippen LogP contribution in [-0.4, -0.2) is 18.7 Å². The summed E-state index contributed by atoms with van der Waals surface area (Å²) in [4.78, 5) is 5.25. The average Bonchev–Trinajstić information content (AvgIpc) is 3.24. The molecule has 132 valence electrons. The minimum atomic E-state index is -3.79. The van der Waals surface area contributed by atoms with Gasteiger partial charge in [-0.15, -0.1) is 11.3 Å². The molecule has 0 spiro atoms. The molecule has 0 unspecified atom stereocenters. The van der Waals surface area contributed by atoms with Crippen LogP contribution in [0.4, 0.5) is 0 Å². The summed E-state index contributed by atoms with van der Waals surface area (Å²) in [5.74, 6) is 0.327. The first-order valence-electron chi connectivity index (χ1n) is 7.64. The smallest absolute Gasteiger partial charge is 0.238 e. The lowest BCUT2D eigenvalue weighted by atomic mass is 10.4. The molecule has 8 heteroatoms. The van der Waals surface area contributed by atoms with Gasteiger partial charge in [0.15, 0.2) is 0 Å². The van der Waals surface area contributed by atoms with E-state index in [0.29, 0.717) is 16.0 Å². The van der Waals surface area contributed by atoms with Crippen LogP contribution in [0.2, 0.25) is 5.02 Å². The summed E-state index contributed by atoms with van der Waals surface area (Å²) in [5, 5.41) is 2.88. The van der Waals surface area contributed by atoms with Gasteiger partial charge in [-0.3, -0.25) is 0 Å². The van der Waals surface area contributed by atoms with Crippen molar-refractivity contribution in [2.75, 3.05) is 0 Å². The van der Waals surface area contributed by atoms with Gasteiger partial charge in [-0.25, -0.2) is 8.42 Å². The van der Waals surface area contributed by atoms with Gasteiger partial charge in [-0.05, 0) is 42.1 Å². The number of hydrogen-bond donors (Lipinski definition) is 0. The second-order valence-electron chi connectivity index (χ2n) is 5.38. The molecular formula is C17H16ClNO3S3. The fourth-order valence-corrected chi connectivity index (χ4v) is 5.27. The number of thiophene rings is 1. The lowest BCUT2D eigenvalue weighted by molar-refractivity contribution is 0.470. The maximum absolute atomic E-state index is 13.0. The lowest BCUT2D eigenvalue weighted by Gasteiger charge is -2.07. The van der Waals surface area contributed by atoms with Crippen molar-refractivity contribution in [1.82, 2.24) is 4.98 Å². The molecule has 0 N–H and O–H groups in total. The second-order valence-corrected chi connectivity index (χ2v) is 10.0. The molecule has 3 rings (SSSR count).